The van der Waals surface area contributed by atoms with Crippen molar-refractivity contribution in [2.24, 2.45) is 0 Å². The van der Waals surface area contributed by atoms with Crippen molar-refractivity contribution in [1.29, 1.82) is 0 Å². The van der Waals surface area contributed by atoms with E-state index in [-0.39, 0.29) is 5.91 Å². The zero-order valence-corrected chi connectivity index (χ0v) is 15.5. The van der Waals surface area contributed by atoms with E-state index in [1.807, 2.05) is 6.92 Å². The standard InChI is InChI=1S/C20H30BN3O/c1-15-14-17(23-18(22-15)16-10-6-7-11-16)19(25)24-20(21)12-8-4-2-3-5-9-13-20/h14,16H,2-13H2,1H3,(H,24,25). The first kappa shape index (κ1) is 18.4. The Morgan fingerprint density at radius 1 is 1.04 bits per heavy atom. The molecule has 1 aromatic rings. The van der Waals surface area contributed by atoms with Crippen molar-refractivity contribution in [3.8, 4) is 0 Å². The van der Waals surface area contributed by atoms with E-state index >= 15 is 0 Å². The molecule has 0 unspecified atom stereocenters. The molecule has 4 nitrogen and oxygen atoms in total. The van der Waals surface area contributed by atoms with Crippen LogP contribution >= 0.6 is 0 Å². The van der Waals surface area contributed by atoms with Gasteiger partial charge in [-0.05, 0) is 38.7 Å². The molecule has 0 saturated heterocycles. The van der Waals surface area contributed by atoms with E-state index in [2.05, 4.69) is 15.3 Å². The molecule has 2 aliphatic rings. The minimum Gasteiger partial charge on any atom is -0.354 e. The lowest BCUT2D eigenvalue weighted by Gasteiger charge is -2.31. The highest BCUT2D eigenvalue weighted by Crippen LogP contribution is 2.32. The molecular formula is C20H30BN3O. The van der Waals surface area contributed by atoms with Crippen LogP contribution in [0.3, 0.4) is 0 Å². The van der Waals surface area contributed by atoms with Gasteiger partial charge in [0.1, 0.15) is 19.4 Å². The number of amides is 1. The Bertz CT molecular complexity index is 589. The second-order valence-electron chi connectivity index (χ2n) is 7.97. The summed E-state index contributed by atoms with van der Waals surface area (Å²) in [4.78, 5) is 22.0. The molecule has 2 aliphatic carbocycles. The molecular weight excluding hydrogens is 309 g/mol. The van der Waals surface area contributed by atoms with Gasteiger partial charge >= 0.3 is 0 Å². The van der Waals surface area contributed by atoms with Gasteiger partial charge in [-0.15, -0.1) is 0 Å². The molecule has 0 bridgehead atoms. The summed E-state index contributed by atoms with van der Waals surface area (Å²) in [6, 6.07) is 1.78. The zero-order valence-electron chi connectivity index (χ0n) is 15.5. The topological polar surface area (TPSA) is 54.9 Å². The van der Waals surface area contributed by atoms with E-state index in [0.717, 1.165) is 50.0 Å². The van der Waals surface area contributed by atoms with Gasteiger partial charge in [0, 0.05) is 17.1 Å². The maximum absolute atomic E-state index is 12.8. The summed E-state index contributed by atoms with van der Waals surface area (Å²) in [5, 5.41) is 3.10. The van der Waals surface area contributed by atoms with Crippen molar-refractivity contribution < 1.29 is 4.79 Å². The third-order valence-corrected chi connectivity index (χ3v) is 5.68. The Hall–Kier alpha value is -1.39. The van der Waals surface area contributed by atoms with E-state index in [4.69, 9.17) is 7.85 Å². The van der Waals surface area contributed by atoms with Crippen molar-refractivity contribution in [2.45, 2.75) is 95.3 Å². The van der Waals surface area contributed by atoms with Crippen LogP contribution in [0.5, 0.6) is 0 Å². The molecule has 3 rings (SSSR count). The Balaban J connectivity index is 1.72. The fourth-order valence-electron chi connectivity index (χ4n) is 4.20. The van der Waals surface area contributed by atoms with Crippen molar-refractivity contribution in [3.63, 3.8) is 0 Å². The molecule has 1 heterocycles. The van der Waals surface area contributed by atoms with Crippen molar-refractivity contribution in [2.75, 3.05) is 0 Å². The average molecular weight is 339 g/mol. The molecule has 1 amide bonds. The predicted molar refractivity (Wildman–Crippen MR) is 101 cm³/mol. The van der Waals surface area contributed by atoms with Crippen molar-refractivity contribution in [3.05, 3.63) is 23.3 Å². The molecule has 0 aliphatic heterocycles. The first-order chi connectivity index (χ1) is 12.1. The SMILES string of the molecule is [B]C1(NC(=O)c2cc(C)nc(C3CCCC3)n2)CCCCCCCC1. The second kappa shape index (κ2) is 8.33. The molecule has 2 fully saturated rings. The fraction of sp³-hybridized carbons (Fsp3) is 0.750. The largest absolute Gasteiger partial charge is 0.354 e. The first-order valence-corrected chi connectivity index (χ1v) is 10.0. The summed E-state index contributed by atoms with van der Waals surface area (Å²) >= 11 is 0. The van der Waals surface area contributed by atoms with Crippen LogP contribution in [0, 0.1) is 6.92 Å². The highest BCUT2D eigenvalue weighted by molar-refractivity contribution is 6.17. The third kappa shape index (κ3) is 5.05. The van der Waals surface area contributed by atoms with E-state index < -0.39 is 5.44 Å². The lowest BCUT2D eigenvalue weighted by Crippen LogP contribution is -2.49. The highest BCUT2D eigenvalue weighted by Gasteiger charge is 2.28. The summed E-state index contributed by atoms with van der Waals surface area (Å²) in [6.45, 7) is 1.94. The van der Waals surface area contributed by atoms with E-state index in [1.165, 1.54) is 38.5 Å². The van der Waals surface area contributed by atoms with Crippen molar-refractivity contribution in [1.82, 2.24) is 15.3 Å². The molecule has 1 N–H and O–H groups in total. The van der Waals surface area contributed by atoms with Gasteiger partial charge < -0.3 is 5.32 Å². The van der Waals surface area contributed by atoms with E-state index in [9.17, 15) is 4.79 Å². The Kier molecular flexibility index (Phi) is 6.13. The second-order valence-corrected chi connectivity index (χ2v) is 7.97. The van der Waals surface area contributed by atoms with Crippen molar-refractivity contribution >= 4 is 13.8 Å². The Morgan fingerprint density at radius 2 is 1.64 bits per heavy atom. The number of nitrogens with zero attached hydrogens (tertiary/aromatic N) is 2. The predicted octanol–water partition coefficient (Wildman–Crippen LogP) is 4.17. The molecule has 0 spiro atoms. The van der Waals surface area contributed by atoms with Crippen LogP contribution in [-0.4, -0.2) is 29.2 Å². The number of nitrogens with one attached hydrogen (secondary N) is 1. The minimum atomic E-state index is -0.603. The molecule has 5 heteroatoms. The van der Waals surface area contributed by atoms with Gasteiger partial charge in [0.25, 0.3) is 5.91 Å². The summed E-state index contributed by atoms with van der Waals surface area (Å²) in [5.74, 6) is 1.10. The molecule has 1 aromatic heterocycles. The highest BCUT2D eigenvalue weighted by atomic mass is 16.2. The Morgan fingerprint density at radius 3 is 2.28 bits per heavy atom. The number of hydrogen-bond donors (Lipinski definition) is 1. The quantitative estimate of drug-likeness (QED) is 0.841. The van der Waals surface area contributed by atoms with Gasteiger partial charge in [0.15, 0.2) is 0 Å². The van der Waals surface area contributed by atoms with Crippen LogP contribution in [0.1, 0.15) is 105 Å². The minimum absolute atomic E-state index is 0.147. The average Bonchev–Trinajstić information content (AvgIpc) is 3.13. The number of hydrogen-bond acceptors (Lipinski definition) is 3. The normalized spacial score (nSPS) is 22.0. The van der Waals surface area contributed by atoms with Crippen LogP contribution < -0.4 is 5.32 Å². The smallest absolute Gasteiger partial charge is 0.269 e. The van der Waals surface area contributed by atoms with Gasteiger partial charge in [-0.3, -0.25) is 4.79 Å². The third-order valence-electron chi connectivity index (χ3n) is 5.68. The summed E-state index contributed by atoms with van der Waals surface area (Å²) in [7, 11) is 6.56. The number of rotatable bonds is 3. The van der Waals surface area contributed by atoms with Gasteiger partial charge in [-0.25, -0.2) is 9.97 Å². The zero-order chi connectivity index (χ0) is 17.7. The van der Waals surface area contributed by atoms with Crippen LogP contribution in [0.4, 0.5) is 0 Å². The molecule has 0 aromatic carbocycles. The summed E-state index contributed by atoms with van der Waals surface area (Å²) in [6.07, 6.45) is 13.5. The maximum atomic E-state index is 12.8. The lowest BCUT2D eigenvalue weighted by atomic mass is 9.70. The van der Waals surface area contributed by atoms with Gasteiger partial charge in [0.05, 0.1) is 0 Å². The van der Waals surface area contributed by atoms with Crippen LogP contribution in [-0.2, 0) is 0 Å². The monoisotopic (exact) mass is 339 g/mol. The number of carbonyl (C=O) groups is 1. The molecule has 134 valence electrons. The maximum Gasteiger partial charge on any atom is 0.269 e. The number of carbonyl (C=O) groups excluding carboxylic acids is 1. The van der Waals surface area contributed by atoms with Gasteiger partial charge in [-0.1, -0.05) is 51.4 Å². The van der Waals surface area contributed by atoms with Crippen LogP contribution in [0.2, 0.25) is 0 Å². The van der Waals surface area contributed by atoms with Gasteiger partial charge in [0.2, 0.25) is 0 Å². The summed E-state index contributed by atoms with van der Waals surface area (Å²) in [5.41, 5.74) is 0.732. The molecule has 2 saturated carbocycles. The van der Waals surface area contributed by atoms with Crippen LogP contribution in [0.15, 0.2) is 6.07 Å². The van der Waals surface area contributed by atoms with E-state index in [0.29, 0.717) is 11.6 Å². The van der Waals surface area contributed by atoms with E-state index in [1.54, 1.807) is 6.07 Å². The molecule has 25 heavy (non-hydrogen) atoms. The van der Waals surface area contributed by atoms with Gasteiger partial charge in [-0.2, -0.15) is 0 Å². The fourth-order valence-corrected chi connectivity index (χ4v) is 4.20. The summed E-state index contributed by atoms with van der Waals surface area (Å²) < 4.78 is 0. The number of aromatic nitrogens is 2. The number of aryl methyl sites for hydroxylation is 1. The molecule has 2 radical (unpaired) electrons. The lowest BCUT2D eigenvalue weighted by molar-refractivity contribution is 0.0914. The Labute approximate surface area is 153 Å². The molecule has 0 atom stereocenters. The van der Waals surface area contributed by atoms with Crippen LogP contribution in [0.25, 0.3) is 0 Å². The first-order valence-electron chi connectivity index (χ1n) is 10.0.